The number of hydrogen-bond acceptors (Lipinski definition) is 7. The Balaban J connectivity index is 2.00. The van der Waals surface area contributed by atoms with Crippen molar-refractivity contribution < 1.29 is 12.8 Å². The van der Waals surface area contributed by atoms with Crippen LogP contribution in [0.4, 0.5) is 6.01 Å². The van der Waals surface area contributed by atoms with Gasteiger partial charge in [0.2, 0.25) is 15.9 Å². The predicted octanol–water partition coefficient (Wildman–Crippen LogP) is -0.212. The lowest BCUT2D eigenvalue weighted by Crippen LogP contribution is -2.12. The van der Waals surface area contributed by atoms with E-state index < -0.39 is 10.0 Å². The second-order valence-electron chi connectivity index (χ2n) is 3.75. The summed E-state index contributed by atoms with van der Waals surface area (Å²) in [5.41, 5.74) is 6.18. The summed E-state index contributed by atoms with van der Waals surface area (Å²) in [6, 6.07) is 6.42. The van der Waals surface area contributed by atoms with Gasteiger partial charge < -0.3 is 15.5 Å². The lowest BCUT2D eigenvalue weighted by atomic mass is 10.2. The van der Waals surface area contributed by atoms with E-state index in [1.807, 2.05) is 0 Å². The molecule has 0 unspecified atom stereocenters. The van der Waals surface area contributed by atoms with Crippen molar-refractivity contribution in [2.24, 2.45) is 10.9 Å². The van der Waals surface area contributed by atoms with E-state index in [1.54, 1.807) is 12.1 Å². The molecule has 2 rings (SSSR count). The molecule has 0 saturated carbocycles. The fourth-order valence-corrected chi connectivity index (χ4v) is 1.90. The number of benzene rings is 1. The summed E-state index contributed by atoms with van der Waals surface area (Å²) in [7, 11) is -3.66. The van der Waals surface area contributed by atoms with Gasteiger partial charge in [0.05, 0.1) is 11.4 Å². The van der Waals surface area contributed by atoms with Crippen LogP contribution in [0.3, 0.4) is 0 Å². The molecular formula is C10H13N5O3S. The van der Waals surface area contributed by atoms with Gasteiger partial charge in [-0.05, 0) is 17.7 Å². The van der Waals surface area contributed by atoms with Gasteiger partial charge in [0, 0.05) is 6.54 Å². The number of nitrogens with one attached hydrogen (secondary N) is 1. The summed E-state index contributed by atoms with van der Waals surface area (Å²) >= 11 is 0. The first kappa shape index (κ1) is 13.5. The normalized spacial score (nSPS) is 11.5. The number of anilines is 1. The second-order valence-corrected chi connectivity index (χ2v) is 5.31. The molecule has 0 aliphatic heterocycles. The van der Waals surface area contributed by atoms with Gasteiger partial charge in [-0.2, -0.15) is 0 Å². The Hall–Kier alpha value is -1.97. The Kier molecular flexibility index (Phi) is 3.79. The molecule has 8 nitrogen and oxygen atoms in total. The summed E-state index contributed by atoms with van der Waals surface area (Å²) in [5, 5.41) is 15.3. The second kappa shape index (κ2) is 5.34. The van der Waals surface area contributed by atoms with E-state index in [0.717, 1.165) is 5.56 Å². The summed E-state index contributed by atoms with van der Waals surface area (Å²) in [5.74, 6) is 0.340. The van der Waals surface area contributed by atoms with Crippen molar-refractivity contribution in [3.63, 3.8) is 0 Å². The van der Waals surface area contributed by atoms with Crippen LogP contribution in [0.1, 0.15) is 11.5 Å². The third-order valence-electron chi connectivity index (χ3n) is 2.34. The molecule has 5 N–H and O–H groups in total. The molecule has 1 aromatic heterocycles. The van der Waals surface area contributed by atoms with Crippen molar-refractivity contribution in [1.82, 2.24) is 10.2 Å². The number of rotatable bonds is 5. The highest BCUT2D eigenvalue weighted by Gasteiger charge is 2.07. The van der Waals surface area contributed by atoms with Crippen LogP contribution in [0.15, 0.2) is 33.6 Å². The number of aromatic nitrogens is 2. The number of sulfonamides is 1. The van der Waals surface area contributed by atoms with Crippen LogP contribution >= 0.6 is 0 Å². The van der Waals surface area contributed by atoms with Gasteiger partial charge >= 0.3 is 6.01 Å². The van der Waals surface area contributed by atoms with Crippen LogP contribution in [0, 0.1) is 0 Å². The van der Waals surface area contributed by atoms with E-state index >= 15 is 0 Å². The number of nitrogens with two attached hydrogens (primary N) is 2. The molecule has 0 amide bonds. The van der Waals surface area contributed by atoms with Gasteiger partial charge in [-0.1, -0.05) is 17.2 Å². The number of primary sulfonamides is 1. The molecule has 0 fully saturated rings. The van der Waals surface area contributed by atoms with Crippen molar-refractivity contribution in [3.8, 4) is 0 Å². The zero-order valence-electron chi connectivity index (χ0n) is 9.91. The largest absolute Gasteiger partial charge is 0.407 e. The molecule has 1 heterocycles. The minimum atomic E-state index is -3.66. The van der Waals surface area contributed by atoms with Crippen LogP contribution in [0.5, 0.6) is 0 Å². The fraction of sp³-hybridized carbons (Fsp3) is 0.200. The molecule has 0 radical (unpaired) electrons. The Morgan fingerprint density at radius 1 is 1.21 bits per heavy atom. The molecule has 19 heavy (non-hydrogen) atoms. The van der Waals surface area contributed by atoms with Crippen molar-refractivity contribution in [2.45, 2.75) is 18.0 Å². The molecule has 0 aliphatic rings. The standard InChI is InChI=1S/C10H13N5O3S/c11-5-9-14-15-10(18-9)13-6-7-1-3-8(4-2-7)19(12,16)17/h1-4H,5-6,11H2,(H,13,15)(H2,12,16,17). The molecule has 9 heteroatoms. The maximum Gasteiger partial charge on any atom is 0.315 e. The lowest BCUT2D eigenvalue weighted by Gasteiger charge is -2.03. The Morgan fingerprint density at radius 3 is 2.42 bits per heavy atom. The fourth-order valence-electron chi connectivity index (χ4n) is 1.38. The molecule has 0 atom stereocenters. The van der Waals surface area contributed by atoms with Crippen LogP contribution in [0.25, 0.3) is 0 Å². The van der Waals surface area contributed by atoms with Crippen LogP contribution in [-0.2, 0) is 23.1 Å². The van der Waals surface area contributed by atoms with E-state index in [0.29, 0.717) is 12.4 Å². The topological polar surface area (TPSA) is 137 Å². The quantitative estimate of drug-likeness (QED) is 0.690. The summed E-state index contributed by atoms with van der Waals surface area (Å²) < 4.78 is 27.3. The summed E-state index contributed by atoms with van der Waals surface area (Å²) in [4.78, 5) is 0.0689. The Bertz CT molecular complexity index is 650. The molecule has 0 spiro atoms. The highest BCUT2D eigenvalue weighted by Crippen LogP contribution is 2.11. The molecule has 102 valence electrons. The smallest absolute Gasteiger partial charge is 0.315 e. The molecule has 0 aliphatic carbocycles. The van der Waals surface area contributed by atoms with E-state index in [9.17, 15) is 8.42 Å². The van der Waals surface area contributed by atoms with Crippen molar-refractivity contribution >= 4 is 16.0 Å². The van der Waals surface area contributed by atoms with Crippen LogP contribution in [-0.4, -0.2) is 18.6 Å². The van der Waals surface area contributed by atoms with Gasteiger partial charge in [0.15, 0.2) is 0 Å². The molecular weight excluding hydrogens is 270 g/mol. The minimum absolute atomic E-state index is 0.0689. The third-order valence-corrected chi connectivity index (χ3v) is 3.27. The maximum atomic E-state index is 11.1. The molecule has 0 bridgehead atoms. The van der Waals surface area contributed by atoms with Crippen LogP contribution in [0.2, 0.25) is 0 Å². The van der Waals surface area contributed by atoms with Crippen molar-refractivity contribution in [3.05, 3.63) is 35.7 Å². The zero-order chi connectivity index (χ0) is 13.9. The van der Waals surface area contributed by atoms with E-state index in [-0.39, 0.29) is 17.5 Å². The van der Waals surface area contributed by atoms with Crippen molar-refractivity contribution in [2.75, 3.05) is 5.32 Å². The first-order valence-electron chi connectivity index (χ1n) is 5.37. The van der Waals surface area contributed by atoms with Gasteiger partial charge in [-0.3, -0.25) is 0 Å². The first-order chi connectivity index (χ1) is 8.99. The zero-order valence-corrected chi connectivity index (χ0v) is 10.7. The van der Waals surface area contributed by atoms with Crippen LogP contribution < -0.4 is 16.2 Å². The SMILES string of the molecule is NCc1nnc(NCc2ccc(S(N)(=O)=O)cc2)o1. The van der Waals surface area contributed by atoms with Gasteiger partial charge in [0.25, 0.3) is 0 Å². The van der Waals surface area contributed by atoms with E-state index in [4.69, 9.17) is 15.3 Å². The number of nitrogens with zero attached hydrogens (tertiary/aromatic N) is 2. The minimum Gasteiger partial charge on any atom is -0.407 e. The average Bonchev–Trinajstić information content (AvgIpc) is 2.84. The predicted molar refractivity (Wildman–Crippen MR) is 67.3 cm³/mol. The highest BCUT2D eigenvalue weighted by molar-refractivity contribution is 7.89. The van der Waals surface area contributed by atoms with Gasteiger partial charge in [-0.15, -0.1) is 5.10 Å². The maximum absolute atomic E-state index is 11.1. The van der Waals surface area contributed by atoms with Gasteiger partial charge in [-0.25, -0.2) is 13.6 Å². The Morgan fingerprint density at radius 2 is 1.89 bits per heavy atom. The average molecular weight is 283 g/mol. The summed E-state index contributed by atoms with van der Waals surface area (Å²) in [6.07, 6.45) is 0. The van der Waals surface area contributed by atoms with Gasteiger partial charge in [0.1, 0.15) is 0 Å². The van der Waals surface area contributed by atoms with E-state index in [2.05, 4.69) is 15.5 Å². The molecule has 1 aromatic carbocycles. The molecule has 2 aromatic rings. The third kappa shape index (κ3) is 3.50. The van der Waals surface area contributed by atoms with Crippen molar-refractivity contribution in [1.29, 1.82) is 0 Å². The number of hydrogen-bond donors (Lipinski definition) is 3. The Labute approximate surface area is 109 Å². The highest BCUT2D eigenvalue weighted by atomic mass is 32.2. The lowest BCUT2D eigenvalue weighted by molar-refractivity contribution is 0.507. The molecule has 0 saturated heterocycles. The monoisotopic (exact) mass is 283 g/mol. The first-order valence-corrected chi connectivity index (χ1v) is 6.92. The summed E-state index contributed by atoms with van der Waals surface area (Å²) in [6.45, 7) is 0.592. The van der Waals surface area contributed by atoms with E-state index in [1.165, 1.54) is 12.1 Å².